The average Bonchev–Trinajstić information content (AvgIpc) is 2.85. The van der Waals surface area contributed by atoms with Gasteiger partial charge >= 0.3 is 0 Å². The Balaban J connectivity index is 3.22. The third-order valence-electron chi connectivity index (χ3n) is 7.55. The number of hydrogen-bond donors (Lipinski definition) is 3. The minimum absolute atomic E-state index is 0.555. The molecule has 3 heteroatoms. The number of aliphatic hydroxyl groups excluding tert-OH is 2. The van der Waals surface area contributed by atoms with E-state index in [-0.39, 0.29) is 0 Å². The van der Waals surface area contributed by atoms with Gasteiger partial charge in [-0.2, -0.15) is 0 Å². The van der Waals surface area contributed by atoms with Crippen molar-refractivity contribution in [2.45, 2.75) is 206 Å². The van der Waals surface area contributed by atoms with Gasteiger partial charge < -0.3 is 10.2 Å². The van der Waals surface area contributed by atoms with Gasteiger partial charge in [-0.3, -0.25) is 5.32 Å². The van der Waals surface area contributed by atoms with Crippen molar-refractivity contribution in [3.63, 3.8) is 0 Å². The highest BCUT2D eigenvalue weighted by atomic mass is 16.3. The molecule has 35 heavy (non-hydrogen) atoms. The van der Waals surface area contributed by atoms with Gasteiger partial charge in [0.1, 0.15) is 12.5 Å². The van der Waals surface area contributed by atoms with Crippen LogP contribution in [0.3, 0.4) is 0 Å². The molecule has 0 bridgehead atoms. The van der Waals surface area contributed by atoms with Crippen LogP contribution in [0.25, 0.3) is 0 Å². The van der Waals surface area contributed by atoms with Gasteiger partial charge in [-0.15, -0.1) is 0 Å². The molecule has 0 aromatic heterocycles. The van der Waals surface area contributed by atoms with E-state index in [0.717, 1.165) is 25.7 Å². The number of unbranched alkanes of at least 4 members (excludes halogenated alkanes) is 24. The van der Waals surface area contributed by atoms with Crippen LogP contribution in [-0.4, -0.2) is 22.7 Å². The summed E-state index contributed by atoms with van der Waals surface area (Å²) in [7, 11) is 0. The molecule has 0 saturated carbocycles. The molecule has 212 valence electrons. The second kappa shape index (κ2) is 30.1. The molecule has 0 aliphatic carbocycles. The fourth-order valence-corrected chi connectivity index (χ4v) is 5.10. The number of rotatable bonds is 30. The summed E-state index contributed by atoms with van der Waals surface area (Å²) in [5.41, 5.74) is 0. The third-order valence-corrected chi connectivity index (χ3v) is 7.55. The fourth-order valence-electron chi connectivity index (χ4n) is 5.10. The summed E-state index contributed by atoms with van der Waals surface area (Å²) in [5, 5.41) is 23.1. The lowest BCUT2D eigenvalue weighted by Crippen LogP contribution is -2.38. The van der Waals surface area contributed by atoms with Crippen LogP contribution < -0.4 is 5.32 Å². The zero-order valence-corrected chi connectivity index (χ0v) is 24.3. The van der Waals surface area contributed by atoms with Crippen molar-refractivity contribution in [1.82, 2.24) is 5.32 Å². The summed E-state index contributed by atoms with van der Waals surface area (Å²) in [5.74, 6) is 0. The Hall–Kier alpha value is -0.120. The normalized spacial score (nSPS) is 13.4. The summed E-state index contributed by atoms with van der Waals surface area (Å²) in [6.07, 6.45) is 35.5. The van der Waals surface area contributed by atoms with E-state index in [2.05, 4.69) is 19.2 Å². The van der Waals surface area contributed by atoms with Gasteiger partial charge in [-0.05, 0) is 25.7 Å². The van der Waals surface area contributed by atoms with E-state index in [1.807, 2.05) is 0 Å². The van der Waals surface area contributed by atoms with Gasteiger partial charge in [0.25, 0.3) is 0 Å². The fraction of sp³-hybridized carbons (Fsp3) is 1.00. The Morgan fingerprint density at radius 3 is 0.771 bits per heavy atom. The minimum atomic E-state index is -0.555. The zero-order valence-electron chi connectivity index (χ0n) is 24.3. The molecule has 0 rings (SSSR count). The molecule has 0 fully saturated rings. The van der Waals surface area contributed by atoms with Crippen LogP contribution in [0.15, 0.2) is 0 Å². The number of hydrogen-bond acceptors (Lipinski definition) is 3. The van der Waals surface area contributed by atoms with Gasteiger partial charge in [0, 0.05) is 0 Å². The van der Waals surface area contributed by atoms with Crippen molar-refractivity contribution in [2.24, 2.45) is 0 Å². The van der Waals surface area contributed by atoms with E-state index >= 15 is 0 Å². The van der Waals surface area contributed by atoms with E-state index in [0.29, 0.717) is 0 Å². The van der Waals surface area contributed by atoms with Crippen molar-refractivity contribution in [1.29, 1.82) is 0 Å². The second-order valence-electron chi connectivity index (χ2n) is 11.3. The predicted molar refractivity (Wildman–Crippen MR) is 156 cm³/mol. The van der Waals surface area contributed by atoms with E-state index in [1.165, 1.54) is 154 Å². The molecule has 0 amide bonds. The topological polar surface area (TPSA) is 52.5 Å². The van der Waals surface area contributed by atoms with Crippen LogP contribution in [0.2, 0.25) is 0 Å². The molecule has 0 aromatic rings. The maximum atomic E-state index is 10.1. The lowest BCUT2D eigenvalue weighted by molar-refractivity contribution is 0.0310. The molecule has 0 aromatic carbocycles. The van der Waals surface area contributed by atoms with E-state index < -0.39 is 12.5 Å². The van der Waals surface area contributed by atoms with Gasteiger partial charge in [-0.25, -0.2) is 0 Å². The lowest BCUT2D eigenvalue weighted by Gasteiger charge is -2.18. The van der Waals surface area contributed by atoms with Crippen LogP contribution in [0.1, 0.15) is 194 Å². The summed E-state index contributed by atoms with van der Waals surface area (Å²) in [6, 6.07) is 0. The molecule has 0 aliphatic rings. The standard InChI is InChI=1S/C32H67NO2/c1-3-5-7-9-11-12-13-14-15-16-17-18-19-20-21-22-24-26-28-30-32(35)33-31(34)29-27-25-23-10-8-6-4-2/h31-35H,3-30H2,1-2H3. The Labute approximate surface area is 221 Å². The molecule has 0 spiro atoms. The van der Waals surface area contributed by atoms with Crippen LogP contribution in [0.4, 0.5) is 0 Å². The van der Waals surface area contributed by atoms with Crippen LogP contribution in [0.5, 0.6) is 0 Å². The minimum Gasteiger partial charge on any atom is -0.379 e. The predicted octanol–water partition coefficient (Wildman–Crippen LogP) is 10.2. The molecule has 3 N–H and O–H groups in total. The third kappa shape index (κ3) is 30.0. The molecule has 0 radical (unpaired) electrons. The summed E-state index contributed by atoms with van der Waals surface area (Å²) in [4.78, 5) is 0. The highest BCUT2D eigenvalue weighted by Gasteiger charge is 2.09. The molecular weight excluding hydrogens is 430 g/mol. The van der Waals surface area contributed by atoms with Crippen molar-refractivity contribution in [3.05, 3.63) is 0 Å². The molecule has 0 saturated heterocycles. The SMILES string of the molecule is CCCCCCCCCCCCCCCCCCCCCC(O)NC(O)CCCCCCCCC. The second-order valence-corrected chi connectivity index (χ2v) is 11.3. The summed E-state index contributed by atoms with van der Waals surface area (Å²) >= 11 is 0. The molecule has 0 aliphatic heterocycles. The van der Waals surface area contributed by atoms with E-state index in [1.54, 1.807) is 0 Å². The number of nitrogens with one attached hydrogen (secondary N) is 1. The zero-order chi connectivity index (χ0) is 25.7. The van der Waals surface area contributed by atoms with Crippen LogP contribution in [0, 0.1) is 0 Å². The molecule has 2 unspecified atom stereocenters. The lowest BCUT2D eigenvalue weighted by atomic mass is 10.0. The molecule has 2 atom stereocenters. The maximum Gasteiger partial charge on any atom is 0.106 e. The highest BCUT2D eigenvalue weighted by Crippen LogP contribution is 2.15. The van der Waals surface area contributed by atoms with Gasteiger partial charge in [0.2, 0.25) is 0 Å². The Bertz CT molecular complexity index is 377. The molecular formula is C32H67NO2. The van der Waals surface area contributed by atoms with Crippen molar-refractivity contribution in [2.75, 3.05) is 0 Å². The van der Waals surface area contributed by atoms with Gasteiger partial charge in [0.05, 0.1) is 0 Å². The maximum absolute atomic E-state index is 10.1. The Morgan fingerprint density at radius 1 is 0.343 bits per heavy atom. The first-order valence-electron chi connectivity index (χ1n) is 16.3. The number of aliphatic hydroxyl groups is 2. The summed E-state index contributed by atoms with van der Waals surface area (Å²) in [6.45, 7) is 4.54. The van der Waals surface area contributed by atoms with E-state index in [9.17, 15) is 10.2 Å². The molecule has 3 nitrogen and oxygen atoms in total. The van der Waals surface area contributed by atoms with E-state index in [4.69, 9.17) is 0 Å². The largest absolute Gasteiger partial charge is 0.379 e. The summed E-state index contributed by atoms with van der Waals surface area (Å²) < 4.78 is 0. The Morgan fingerprint density at radius 2 is 0.543 bits per heavy atom. The van der Waals surface area contributed by atoms with Gasteiger partial charge in [0.15, 0.2) is 0 Å². The van der Waals surface area contributed by atoms with Crippen LogP contribution in [-0.2, 0) is 0 Å². The first kappa shape index (κ1) is 34.9. The highest BCUT2D eigenvalue weighted by molar-refractivity contribution is 4.60. The quantitative estimate of drug-likeness (QED) is 0.0683. The van der Waals surface area contributed by atoms with Crippen molar-refractivity contribution < 1.29 is 10.2 Å². The van der Waals surface area contributed by atoms with Gasteiger partial charge in [-0.1, -0.05) is 168 Å². The monoisotopic (exact) mass is 498 g/mol. The first-order chi connectivity index (χ1) is 17.2. The van der Waals surface area contributed by atoms with Crippen LogP contribution >= 0.6 is 0 Å². The average molecular weight is 498 g/mol. The smallest absolute Gasteiger partial charge is 0.106 e. The Kier molecular flexibility index (Phi) is 30.0. The molecule has 0 heterocycles. The van der Waals surface area contributed by atoms with Crippen molar-refractivity contribution >= 4 is 0 Å². The first-order valence-corrected chi connectivity index (χ1v) is 16.3. The van der Waals surface area contributed by atoms with Crippen molar-refractivity contribution in [3.8, 4) is 0 Å².